The SMILES string of the molecule is CC1(C)c2cc3c(cc2-c2oc4ccccc4c21)c1ccccc1n3-c1ccc2ccccc2c1. The molecule has 2 heterocycles. The molecule has 0 atom stereocenters. The van der Waals surface area contributed by atoms with Gasteiger partial charge in [-0.15, -0.1) is 0 Å². The molecule has 1 aliphatic rings. The lowest BCUT2D eigenvalue weighted by Crippen LogP contribution is -2.15. The Hall–Kier alpha value is -4.30. The van der Waals surface area contributed by atoms with Gasteiger partial charge in [0.25, 0.3) is 0 Å². The number of fused-ring (bicyclic) bond motifs is 9. The molecule has 0 amide bonds. The molecule has 166 valence electrons. The smallest absolute Gasteiger partial charge is 0.139 e. The summed E-state index contributed by atoms with van der Waals surface area (Å²) in [4.78, 5) is 0. The summed E-state index contributed by atoms with van der Waals surface area (Å²) in [7, 11) is 0. The fourth-order valence-corrected chi connectivity index (χ4v) is 6.30. The first-order chi connectivity index (χ1) is 17.1. The van der Waals surface area contributed by atoms with E-state index in [1.807, 2.05) is 0 Å². The van der Waals surface area contributed by atoms with Crippen LogP contribution < -0.4 is 0 Å². The lowest BCUT2D eigenvalue weighted by molar-refractivity contribution is 0.619. The highest BCUT2D eigenvalue weighted by atomic mass is 16.3. The zero-order chi connectivity index (χ0) is 23.3. The minimum Gasteiger partial charge on any atom is -0.456 e. The summed E-state index contributed by atoms with van der Waals surface area (Å²) in [6.07, 6.45) is 0. The molecular formula is C33H23NO. The van der Waals surface area contributed by atoms with Gasteiger partial charge in [0.1, 0.15) is 11.3 Å². The summed E-state index contributed by atoms with van der Waals surface area (Å²) in [6.45, 7) is 4.66. The summed E-state index contributed by atoms with van der Waals surface area (Å²) in [5, 5.41) is 6.26. The van der Waals surface area contributed by atoms with Crippen LogP contribution in [0.5, 0.6) is 0 Å². The Morgan fingerprint density at radius 3 is 2.26 bits per heavy atom. The van der Waals surface area contributed by atoms with Crippen LogP contribution in [0, 0.1) is 0 Å². The zero-order valence-corrected chi connectivity index (χ0v) is 19.7. The molecule has 2 heteroatoms. The van der Waals surface area contributed by atoms with E-state index < -0.39 is 0 Å². The minimum absolute atomic E-state index is 0.143. The molecule has 0 saturated carbocycles. The van der Waals surface area contributed by atoms with Gasteiger partial charge in [-0.2, -0.15) is 0 Å². The van der Waals surface area contributed by atoms with Gasteiger partial charge >= 0.3 is 0 Å². The van der Waals surface area contributed by atoms with Crippen molar-refractivity contribution in [1.29, 1.82) is 0 Å². The van der Waals surface area contributed by atoms with Crippen molar-refractivity contribution in [2.75, 3.05) is 0 Å². The number of benzene rings is 5. The summed E-state index contributed by atoms with van der Waals surface area (Å²) in [5.41, 5.74) is 8.33. The van der Waals surface area contributed by atoms with Crippen LogP contribution in [0.2, 0.25) is 0 Å². The largest absolute Gasteiger partial charge is 0.456 e. The molecule has 5 aromatic carbocycles. The van der Waals surface area contributed by atoms with Crippen LogP contribution in [0.25, 0.3) is 60.6 Å². The van der Waals surface area contributed by atoms with Crippen molar-refractivity contribution in [2.24, 2.45) is 0 Å². The van der Waals surface area contributed by atoms with E-state index in [1.165, 1.54) is 60.3 Å². The second-order valence-corrected chi connectivity index (χ2v) is 10.2. The van der Waals surface area contributed by atoms with Gasteiger partial charge in [-0.25, -0.2) is 0 Å². The van der Waals surface area contributed by atoms with E-state index in [2.05, 4.69) is 122 Å². The van der Waals surface area contributed by atoms with Crippen molar-refractivity contribution < 1.29 is 4.42 Å². The summed E-state index contributed by atoms with van der Waals surface area (Å²) >= 11 is 0. The Morgan fingerprint density at radius 1 is 0.629 bits per heavy atom. The van der Waals surface area contributed by atoms with Crippen molar-refractivity contribution in [3.8, 4) is 17.0 Å². The first kappa shape index (κ1) is 19.1. The molecule has 35 heavy (non-hydrogen) atoms. The molecule has 2 nitrogen and oxygen atoms in total. The standard InChI is InChI=1S/C33H23NO/c1-33(2)27-19-29-25(18-26(27)32-31(33)24-12-6-8-14-30(24)35-32)23-11-5-7-13-28(23)34(29)22-16-15-20-9-3-4-10-21(20)17-22/h3-19H,1-2H3. The molecule has 2 aromatic heterocycles. The van der Waals surface area contributed by atoms with Crippen LogP contribution in [-0.2, 0) is 5.41 Å². The Labute approximate surface area is 203 Å². The molecule has 0 radical (unpaired) electrons. The Morgan fingerprint density at radius 2 is 1.37 bits per heavy atom. The highest BCUT2D eigenvalue weighted by Crippen LogP contribution is 2.54. The predicted molar refractivity (Wildman–Crippen MR) is 146 cm³/mol. The normalized spacial score (nSPS) is 14.2. The molecule has 0 saturated heterocycles. The Balaban J connectivity index is 1.49. The van der Waals surface area contributed by atoms with E-state index >= 15 is 0 Å². The van der Waals surface area contributed by atoms with Crippen molar-refractivity contribution in [3.63, 3.8) is 0 Å². The first-order valence-electron chi connectivity index (χ1n) is 12.2. The lowest BCUT2D eigenvalue weighted by atomic mass is 9.81. The highest BCUT2D eigenvalue weighted by Gasteiger charge is 2.40. The maximum atomic E-state index is 6.47. The topological polar surface area (TPSA) is 18.1 Å². The fourth-order valence-electron chi connectivity index (χ4n) is 6.30. The van der Waals surface area contributed by atoms with Crippen LogP contribution in [-0.4, -0.2) is 4.57 Å². The minimum atomic E-state index is -0.143. The van der Waals surface area contributed by atoms with Gasteiger partial charge in [0.15, 0.2) is 0 Å². The molecule has 1 aliphatic carbocycles. The summed E-state index contributed by atoms with van der Waals surface area (Å²) in [6, 6.07) is 37.3. The van der Waals surface area contributed by atoms with E-state index in [1.54, 1.807) is 0 Å². The molecular weight excluding hydrogens is 426 g/mol. The number of hydrogen-bond donors (Lipinski definition) is 0. The van der Waals surface area contributed by atoms with Gasteiger partial charge < -0.3 is 8.98 Å². The van der Waals surface area contributed by atoms with E-state index in [4.69, 9.17) is 4.42 Å². The maximum absolute atomic E-state index is 6.47. The third-order valence-corrected chi connectivity index (χ3v) is 7.94. The molecule has 0 spiro atoms. The van der Waals surface area contributed by atoms with Gasteiger partial charge in [0, 0.05) is 38.4 Å². The van der Waals surface area contributed by atoms with Gasteiger partial charge in [0.2, 0.25) is 0 Å². The van der Waals surface area contributed by atoms with Crippen LogP contribution in [0.15, 0.2) is 108 Å². The van der Waals surface area contributed by atoms with Gasteiger partial charge in [-0.1, -0.05) is 80.6 Å². The van der Waals surface area contributed by atoms with Gasteiger partial charge in [-0.05, 0) is 52.7 Å². The van der Waals surface area contributed by atoms with Crippen LogP contribution in [0.4, 0.5) is 0 Å². The number of furan rings is 1. The van der Waals surface area contributed by atoms with Crippen LogP contribution in [0.1, 0.15) is 25.0 Å². The third kappa shape index (κ3) is 2.39. The van der Waals surface area contributed by atoms with E-state index in [0.717, 1.165) is 11.3 Å². The second kappa shape index (κ2) is 6.43. The highest BCUT2D eigenvalue weighted by molar-refractivity contribution is 6.12. The van der Waals surface area contributed by atoms with Gasteiger partial charge in [-0.3, -0.25) is 0 Å². The van der Waals surface area contributed by atoms with E-state index in [9.17, 15) is 0 Å². The summed E-state index contributed by atoms with van der Waals surface area (Å²) < 4.78 is 8.89. The van der Waals surface area contributed by atoms with Crippen molar-refractivity contribution in [3.05, 3.63) is 114 Å². The van der Waals surface area contributed by atoms with Gasteiger partial charge in [0.05, 0.1) is 11.0 Å². The van der Waals surface area contributed by atoms with Crippen LogP contribution >= 0.6 is 0 Å². The average molecular weight is 450 g/mol. The molecule has 0 N–H and O–H groups in total. The van der Waals surface area contributed by atoms with Crippen molar-refractivity contribution in [1.82, 2.24) is 4.57 Å². The molecule has 0 fully saturated rings. The Kier molecular flexibility index (Phi) is 3.50. The third-order valence-electron chi connectivity index (χ3n) is 7.94. The molecule has 7 aromatic rings. The van der Waals surface area contributed by atoms with Crippen LogP contribution in [0.3, 0.4) is 0 Å². The Bertz CT molecular complexity index is 1980. The number of para-hydroxylation sites is 2. The van der Waals surface area contributed by atoms with Crippen molar-refractivity contribution in [2.45, 2.75) is 19.3 Å². The number of nitrogens with zero attached hydrogens (tertiary/aromatic N) is 1. The average Bonchev–Trinajstić information content (AvgIpc) is 3.50. The first-order valence-corrected chi connectivity index (χ1v) is 12.2. The second-order valence-electron chi connectivity index (χ2n) is 10.2. The molecule has 0 aliphatic heterocycles. The monoisotopic (exact) mass is 449 g/mol. The zero-order valence-electron chi connectivity index (χ0n) is 19.7. The van der Waals surface area contributed by atoms with E-state index in [-0.39, 0.29) is 5.41 Å². The number of rotatable bonds is 1. The molecule has 0 bridgehead atoms. The lowest BCUT2D eigenvalue weighted by Gasteiger charge is -2.21. The quantitative estimate of drug-likeness (QED) is 0.244. The predicted octanol–water partition coefficient (Wildman–Crippen LogP) is 8.99. The number of aromatic nitrogens is 1. The molecule has 0 unspecified atom stereocenters. The summed E-state index contributed by atoms with van der Waals surface area (Å²) in [5.74, 6) is 1.02. The molecule has 8 rings (SSSR count). The number of hydrogen-bond acceptors (Lipinski definition) is 1. The maximum Gasteiger partial charge on any atom is 0.139 e. The fraction of sp³-hybridized carbons (Fsp3) is 0.0909. The van der Waals surface area contributed by atoms with Crippen molar-refractivity contribution >= 4 is 43.5 Å². The van der Waals surface area contributed by atoms with E-state index in [0.29, 0.717) is 0 Å².